The summed E-state index contributed by atoms with van der Waals surface area (Å²) < 4.78 is 11.3. The Hall–Kier alpha value is -1.56. The van der Waals surface area contributed by atoms with Crippen molar-refractivity contribution in [2.45, 2.75) is 0 Å². The van der Waals surface area contributed by atoms with Crippen molar-refractivity contribution in [3.63, 3.8) is 0 Å². The summed E-state index contributed by atoms with van der Waals surface area (Å²) in [4.78, 5) is 2.19. The van der Waals surface area contributed by atoms with Crippen LogP contribution in [0.5, 0.6) is 0 Å². The Bertz CT molecular complexity index is 570. The summed E-state index contributed by atoms with van der Waals surface area (Å²) in [7, 11) is -0.663. The van der Waals surface area contributed by atoms with Crippen molar-refractivity contribution in [3.8, 4) is 0 Å². The van der Waals surface area contributed by atoms with Gasteiger partial charge in [0.05, 0.1) is 23.1 Å². The third kappa shape index (κ3) is 1.88. The summed E-state index contributed by atoms with van der Waals surface area (Å²) in [6, 6.07) is 3.95. The fourth-order valence-corrected chi connectivity index (χ4v) is 3.20. The van der Waals surface area contributed by atoms with Gasteiger partial charge < -0.3 is 10.6 Å². The number of hydrogen-bond donors (Lipinski definition) is 2. The molecule has 3 rings (SSSR count). The van der Waals surface area contributed by atoms with Crippen LogP contribution in [0.25, 0.3) is 10.9 Å². The first-order valence-corrected chi connectivity index (χ1v) is 7.05. The van der Waals surface area contributed by atoms with Gasteiger partial charge in [-0.25, -0.2) is 0 Å². The number of nitrogen functional groups attached to an aromatic ring is 1. The Morgan fingerprint density at radius 3 is 2.88 bits per heavy atom. The van der Waals surface area contributed by atoms with Gasteiger partial charge in [-0.05, 0) is 12.1 Å². The molecule has 1 aliphatic rings. The number of benzene rings is 1. The molecule has 0 radical (unpaired) electrons. The van der Waals surface area contributed by atoms with Gasteiger partial charge in [-0.3, -0.25) is 9.31 Å². The van der Waals surface area contributed by atoms with Gasteiger partial charge in [-0.15, -0.1) is 0 Å². The summed E-state index contributed by atoms with van der Waals surface area (Å²) in [5.41, 5.74) is 8.81. The number of nitrogens with zero attached hydrogens (tertiary/aromatic N) is 2. The summed E-state index contributed by atoms with van der Waals surface area (Å²) in [6.45, 7) is 1.60. The van der Waals surface area contributed by atoms with E-state index in [1.165, 1.54) is 0 Å². The maximum absolute atomic E-state index is 11.3. The molecule has 0 aliphatic carbocycles. The molecule has 0 unspecified atom stereocenters. The Balaban J connectivity index is 1.98. The zero-order valence-corrected chi connectivity index (χ0v) is 10.2. The molecule has 1 saturated heterocycles. The lowest BCUT2D eigenvalue weighted by Crippen LogP contribution is -2.38. The van der Waals surface area contributed by atoms with Crippen LogP contribution in [-0.4, -0.2) is 39.0 Å². The molecule has 0 amide bonds. The van der Waals surface area contributed by atoms with E-state index >= 15 is 0 Å². The van der Waals surface area contributed by atoms with Crippen molar-refractivity contribution in [1.82, 2.24) is 10.2 Å². The zero-order chi connectivity index (χ0) is 11.8. The number of anilines is 2. The number of H-pyrrole nitrogens is 1. The van der Waals surface area contributed by atoms with Crippen molar-refractivity contribution in [3.05, 3.63) is 18.3 Å². The van der Waals surface area contributed by atoms with Crippen LogP contribution in [0.3, 0.4) is 0 Å². The molecule has 0 saturated carbocycles. The first-order valence-electron chi connectivity index (χ1n) is 5.56. The van der Waals surface area contributed by atoms with Gasteiger partial charge >= 0.3 is 0 Å². The molecular weight excluding hydrogens is 236 g/mol. The van der Waals surface area contributed by atoms with E-state index in [1.54, 1.807) is 6.20 Å². The van der Waals surface area contributed by atoms with Crippen molar-refractivity contribution in [2.75, 3.05) is 35.2 Å². The fourth-order valence-electron chi connectivity index (χ4n) is 2.15. The van der Waals surface area contributed by atoms with Crippen LogP contribution in [0.2, 0.25) is 0 Å². The third-order valence-electron chi connectivity index (χ3n) is 3.11. The normalized spacial score (nSPS) is 17.8. The second kappa shape index (κ2) is 4.03. The van der Waals surface area contributed by atoms with Crippen LogP contribution in [0.4, 0.5) is 11.4 Å². The van der Waals surface area contributed by atoms with E-state index in [4.69, 9.17) is 5.73 Å². The van der Waals surface area contributed by atoms with Gasteiger partial charge in [0.2, 0.25) is 0 Å². The van der Waals surface area contributed by atoms with Gasteiger partial charge in [-0.1, -0.05) is 0 Å². The molecule has 6 heteroatoms. The molecule has 0 spiro atoms. The fraction of sp³-hybridized carbons (Fsp3) is 0.364. The lowest BCUT2D eigenvalue weighted by Gasteiger charge is -2.29. The lowest BCUT2D eigenvalue weighted by atomic mass is 10.2. The Labute approximate surface area is 101 Å². The van der Waals surface area contributed by atoms with E-state index in [1.807, 2.05) is 12.1 Å². The molecule has 1 aliphatic heterocycles. The monoisotopic (exact) mass is 250 g/mol. The van der Waals surface area contributed by atoms with E-state index in [9.17, 15) is 4.21 Å². The minimum Gasteiger partial charge on any atom is -0.397 e. The van der Waals surface area contributed by atoms with Gasteiger partial charge in [0.15, 0.2) is 0 Å². The second-order valence-corrected chi connectivity index (χ2v) is 5.90. The number of fused-ring (bicyclic) bond motifs is 1. The minimum atomic E-state index is -0.663. The molecule has 1 aromatic carbocycles. The maximum atomic E-state index is 11.3. The van der Waals surface area contributed by atoms with Crippen molar-refractivity contribution in [2.24, 2.45) is 0 Å². The van der Waals surface area contributed by atoms with Gasteiger partial charge in [0, 0.05) is 40.8 Å². The molecule has 1 fully saturated rings. The average molecular weight is 250 g/mol. The third-order valence-corrected chi connectivity index (χ3v) is 4.38. The molecule has 17 heavy (non-hydrogen) atoms. The van der Waals surface area contributed by atoms with Crippen molar-refractivity contribution < 1.29 is 4.21 Å². The maximum Gasteiger partial charge on any atom is 0.0672 e. The highest BCUT2D eigenvalue weighted by Gasteiger charge is 2.18. The predicted molar refractivity (Wildman–Crippen MR) is 70.6 cm³/mol. The average Bonchev–Trinajstić information content (AvgIpc) is 2.76. The van der Waals surface area contributed by atoms with Gasteiger partial charge in [0.25, 0.3) is 0 Å². The Morgan fingerprint density at radius 1 is 1.35 bits per heavy atom. The molecule has 2 heterocycles. The summed E-state index contributed by atoms with van der Waals surface area (Å²) >= 11 is 0. The molecule has 1 aromatic heterocycles. The molecular formula is C11H14N4OS. The summed E-state index contributed by atoms with van der Waals surface area (Å²) in [6.07, 6.45) is 1.76. The Morgan fingerprint density at radius 2 is 2.12 bits per heavy atom. The highest BCUT2D eigenvalue weighted by Crippen LogP contribution is 2.28. The molecule has 0 bridgehead atoms. The van der Waals surface area contributed by atoms with Crippen LogP contribution in [-0.2, 0) is 10.8 Å². The quantitative estimate of drug-likeness (QED) is 0.731. The standard InChI is InChI=1S/C11H14N4OS/c12-9-5-8-7-13-14-10(8)6-11(9)15-1-3-17(16)4-2-15/h5-7H,1-4,12H2,(H,13,14). The number of rotatable bonds is 1. The summed E-state index contributed by atoms with van der Waals surface area (Å²) in [5.74, 6) is 1.45. The second-order valence-electron chi connectivity index (χ2n) is 4.20. The topological polar surface area (TPSA) is 75.0 Å². The first kappa shape index (κ1) is 10.6. The predicted octanol–water partition coefficient (Wildman–Crippen LogP) is 0.714. The zero-order valence-electron chi connectivity index (χ0n) is 9.35. The largest absolute Gasteiger partial charge is 0.397 e. The van der Waals surface area contributed by atoms with Crippen LogP contribution >= 0.6 is 0 Å². The van der Waals surface area contributed by atoms with E-state index in [0.717, 1.165) is 46.9 Å². The number of aromatic amines is 1. The van der Waals surface area contributed by atoms with Gasteiger partial charge in [0.1, 0.15) is 0 Å². The number of hydrogen-bond acceptors (Lipinski definition) is 4. The number of aromatic nitrogens is 2. The van der Waals surface area contributed by atoms with E-state index in [2.05, 4.69) is 15.1 Å². The van der Waals surface area contributed by atoms with E-state index in [-0.39, 0.29) is 0 Å². The van der Waals surface area contributed by atoms with Crippen LogP contribution in [0.15, 0.2) is 18.3 Å². The summed E-state index contributed by atoms with van der Waals surface area (Å²) in [5, 5.41) is 7.96. The highest BCUT2D eigenvalue weighted by molar-refractivity contribution is 7.85. The first-order chi connectivity index (χ1) is 8.24. The molecule has 90 valence electrons. The highest BCUT2D eigenvalue weighted by atomic mass is 32.2. The minimum absolute atomic E-state index is 0.663. The molecule has 2 aromatic rings. The molecule has 3 N–H and O–H groups in total. The molecule has 0 atom stereocenters. The lowest BCUT2D eigenvalue weighted by molar-refractivity contribution is 0.673. The van der Waals surface area contributed by atoms with Crippen molar-refractivity contribution >= 4 is 33.1 Å². The van der Waals surface area contributed by atoms with E-state index < -0.39 is 10.8 Å². The Kier molecular flexibility index (Phi) is 2.51. The SMILES string of the molecule is Nc1cc2cn[nH]c2cc1N1CCS(=O)CC1. The smallest absolute Gasteiger partial charge is 0.0672 e. The van der Waals surface area contributed by atoms with Gasteiger partial charge in [-0.2, -0.15) is 5.10 Å². The van der Waals surface area contributed by atoms with Crippen LogP contribution in [0.1, 0.15) is 0 Å². The number of nitrogens with one attached hydrogen (secondary N) is 1. The van der Waals surface area contributed by atoms with E-state index in [0.29, 0.717) is 0 Å². The van der Waals surface area contributed by atoms with Crippen molar-refractivity contribution in [1.29, 1.82) is 0 Å². The number of nitrogens with two attached hydrogens (primary N) is 1. The molecule has 5 nitrogen and oxygen atoms in total. The van der Waals surface area contributed by atoms with Crippen LogP contribution < -0.4 is 10.6 Å². The van der Waals surface area contributed by atoms with Crippen LogP contribution in [0, 0.1) is 0 Å².